The van der Waals surface area contributed by atoms with E-state index in [4.69, 9.17) is 4.74 Å². The Kier molecular flexibility index (Phi) is 8.52. The molecule has 1 N–H and O–H groups in total. The van der Waals surface area contributed by atoms with Crippen LogP contribution >= 0.6 is 23.5 Å². The lowest BCUT2D eigenvalue weighted by Crippen LogP contribution is -2.20. The molecule has 0 bridgehead atoms. The zero-order chi connectivity index (χ0) is 22.9. The number of benzene rings is 2. The average Bonchev–Trinajstić information content (AvgIpc) is 3.07. The Morgan fingerprint density at radius 1 is 1.09 bits per heavy atom. The van der Waals surface area contributed by atoms with Gasteiger partial charge < -0.3 is 10.1 Å². The SMILES string of the molecule is COc1ccc(C=CC(=O)C(C(=O)Nc2cccc([N+](=O)[O-])c2)=C2SCCCCS2)cc1. The molecule has 2 aromatic carbocycles. The van der Waals surface area contributed by atoms with E-state index in [-0.39, 0.29) is 16.9 Å². The van der Waals surface area contributed by atoms with Gasteiger partial charge in [-0.3, -0.25) is 19.7 Å². The van der Waals surface area contributed by atoms with Crippen molar-refractivity contribution in [2.45, 2.75) is 12.8 Å². The van der Waals surface area contributed by atoms with Gasteiger partial charge >= 0.3 is 0 Å². The number of nitrogens with zero attached hydrogens (tertiary/aromatic N) is 1. The van der Waals surface area contributed by atoms with E-state index >= 15 is 0 Å². The predicted molar refractivity (Wildman–Crippen MR) is 130 cm³/mol. The summed E-state index contributed by atoms with van der Waals surface area (Å²) in [5, 5.41) is 13.7. The molecule has 2 aromatic rings. The molecule has 1 amide bonds. The average molecular weight is 471 g/mol. The van der Waals surface area contributed by atoms with E-state index in [0.717, 1.165) is 29.9 Å². The van der Waals surface area contributed by atoms with Gasteiger partial charge in [0.1, 0.15) is 11.3 Å². The monoisotopic (exact) mass is 470 g/mol. The maximum atomic E-state index is 13.1. The number of ketones is 1. The zero-order valence-electron chi connectivity index (χ0n) is 17.4. The summed E-state index contributed by atoms with van der Waals surface area (Å²) in [4.78, 5) is 36.7. The molecule has 0 unspecified atom stereocenters. The largest absolute Gasteiger partial charge is 0.497 e. The van der Waals surface area contributed by atoms with Crippen LogP contribution in [0.25, 0.3) is 6.08 Å². The number of ether oxygens (including phenoxy) is 1. The van der Waals surface area contributed by atoms with Crippen molar-refractivity contribution in [3.8, 4) is 5.75 Å². The number of allylic oxidation sites excluding steroid dienone is 1. The van der Waals surface area contributed by atoms with Gasteiger partial charge in [-0.1, -0.05) is 24.3 Å². The Hall–Kier alpha value is -3.04. The summed E-state index contributed by atoms with van der Waals surface area (Å²) in [7, 11) is 1.58. The highest BCUT2D eigenvalue weighted by Crippen LogP contribution is 2.37. The van der Waals surface area contributed by atoms with Crippen LogP contribution in [0.15, 0.2) is 64.4 Å². The van der Waals surface area contributed by atoms with E-state index in [1.165, 1.54) is 47.8 Å². The third kappa shape index (κ3) is 6.48. The van der Waals surface area contributed by atoms with Crippen LogP contribution in [-0.4, -0.2) is 35.2 Å². The summed E-state index contributed by atoms with van der Waals surface area (Å²) in [5.74, 6) is 1.36. The second-order valence-electron chi connectivity index (χ2n) is 6.80. The number of thioether (sulfide) groups is 2. The molecule has 1 aliphatic rings. The van der Waals surface area contributed by atoms with E-state index in [2.05, 4.69) is 5.32 Å². The first kappa shape index (κ1) is 23.6. The number of hydrogen-bond acceptors (Lipinski definition) is 7. The summed E-state index contributed by atoms with van der Waals surface area (Å²) >= 11 is 2.99. The van der Waals surface area contributed by atoms with Gasteiger partial charge in [-0.25, -0.2) is 0 Å². The van der Waals surface area contributed by atoms with Crippen molar-refractivity contribution < 1.29 is 19.2 Å². The molecule has 0 aromatic heterocycles. The van der Waals surface area contributed by atoms with Crippen molar-refractivity contribution >= 4 is 52.7 Å². The lowest BCUT2D eigenvalue weighted by molar-refractivity contribution is -0.384. The highest BCUT2D eigenvalue weighted by molar-refractivity contribution is 8.22. The molecule has 32 heavy (non-hydrogen) atoms. The number of rotatable bonds is 7. The Morgan fingerprint density at radius 2 is 1.78 bits per heavy atom. The molecular weight excluding hydrogens is 448 g/mol. The van der Waals surface area contributed by atoms with Crippen molar-refractivity contribution in [1.82, 2.24) is 0 Å². The van der Waals surface area contributed by atoms with Gasteiger partial charge in [-0.15, -0.1) is 23.5 Å². The van der Waals surface area contributed by atoms with Crippen LogP contribution in [0.4, 0.5) is 11.4 Å². The fraction of sp³-hybridized carbons (Fsp3) is 0.217. The number of carbonyl (C=O) groups excluding carboxylic acids is 2. The first-order valence-corrected chi connectivity index (χ1v) is 11.9. The summed E-state index contributed by atoms with van der Waals surface area (Å²) in [6.07, 6.45) is 5.05. The second-order valence-corrected chi connectivity index (χ2v) is 9.27. The summed E-state index contributed by atoms with van der Waals surface area (Å²) in [5.41, 5.74) is 0.973. The van der Waals surface area contributed by atoms with Crippen LogP contribution in [0, 0.1) is 10.1 Å². The predicted octanol–water partition coefficient (Wildman–Crippen LogP) is 5.30. The van der Waals surface area contributed by atoms with Gasteiger partial charge in [-0.05, 0) is 54.2 Å². The Balaban J connectivity index is 1.87. The molecule has 166 valence electrons. The minimum absolute atomic E-state index is 0.0539. The number of nitro groups is 1. The van der Waals surface area contributed by atoms with Crippen molar-refractivity contribution in [2.24, 2.45) is 0 Å². The van der Waals surface area contributed by atoms with E-state index < -0.39 is 16.6 Å². The van der Waals surface area contributed by atoms with Crippen LogP contribution in [-0.2, 0) is 9.59 Å². The van der Waals surface area contributed by atoms with Crippen LogP contribution in [0.5, 0.6) is 5.75 Å². The van der Waals surface area contributed by atoms with Gasteiger partial charge in [0.05, 0.1) is 16.3 Å². The number of nitrogens with one attached hydrogen (secondary N) is 1. The maximum Gasteiger partial charge on any atom is 0.271 e. The molecule has 3 rings (SSSR count). The maximum absolute atomic E-state index is 13.1. The molecule has 0 spiro atoms. The normalized spacial score (nSPS) is 14.0. The van der Waals surface area contributed by atoms with Crippen LogP contribution < -0.4 is 10.1 Å². The fourth-order valence-electron chi connectivity index (χ4n) is 2.89. The van der Waals surface area contributed by atoms with E-state index in [0.29, 0.717) is 9.99 Å². The number of methoxy groups -OCH3 is 1. The molecule has 7 nitrogen and oxygen atoms in total. The number of amides is 1. The summed E-state index contributed by atoms with van der Waals surface area (Å²) in [6.45, 7) is 0. The molecule has 1 aliphatic heterocycles. The van der Waals surface area contributed by atoms with Crippen molar-refractivity contribution in [3.63, 3.8) is 0 Å². The van der Waals surface area contributed by atoms with Crippen LogP contribution in [0.1, 0.15) is 18.4 Å². The third-order valence-corrected chi connectivity index (χ3v) is 7.17. The van der Waals surface area contributed by atoms with Gasteiger partial charge in [0.2, 0.25) is 0 Å². The van der Waals surface area contributed by atoms with Crippen LogP contribution in [0.3, 0.4) is 0 Å². The number of carbonyl (C=O) groups is 2. The molecule has 0 saturated carbocycles. The molecule has 9 heteroatoms. The first-order valence-electron chi connectivity index (χ1n) is 9.90. The van der Waals surface area contributed by atoms with E-state index in [1.807, 2.05) is 12.1 Å². The van der Waals surface area contributed by atoms with E-state index in [9.17, 15) is 19.7 Å². The lowest BCUT2D eigenvalue weighted by atomic mass is 10.1. The first-order chi connectivity index (χ1) is 15.5. The molecule has 1 saturated heterocycles. The molecular formula is C23H22N2O5S2. The fourth-order valence-corrected chi connectivity index (χ4v) is 5.46. The molecule has 0 atom stereocenters. The summed E-state index contributed by atoms with van der Waals surface area (Å²) < 4.78 is 5.81. The highest BCUT2D eigenvalue weighted by atomic mass is 32.2. The minimum atomic E-state index is -0.577. The van der Waals surface area contributed by atoms with Crippen molar-refractivity contribution in [1.29, 1.82) is 0 Å². The minimum Gasteiger partial charge on any atom is -0.497 e. The van der Waals surface area contributed by atoms with Gasteiger partial charge in [0, 0.05) is 17.8 Å². The highest BCUT2D eigenvalue weighted by Gasteiger charge is 2.24. The van der Waals surface area contributed by atoms with Crippen molar-refractivity contribution in [3.05, 3.63) is 80.1 Å². The van der Waals surface area contributed by atoms with Crippen LogP contribution in [0.2, 0.25) is 0 Å². The molecule has 0 radical (unpaired) electrons. The molecule has 1 fully saturated rings. The van der Waals surface area contributed by atoms with Crippen molar-refractivity contribution in [2.75, 3.05) is 23.9 Å². The number of non-ortho nitro benzene ring substituents is 1. The lowest BCUT2D eigenvalue weighted by Gasteiger charge is -2.11. The molecule has 0 aliphatic carbocycles. The van der Waals surface area contributed by atoms with E-state index in [1.54, 1.807) is 31.4 Å². The Morgan fingerprint density at radius 3 is 2.41 bits per heavy atom. The van der Waals surface area contributed by atoms with Gasteiger partial charge in [-0.2, -0.15) is 0 Å². The quantitative estimate of drug-likeness (QED) is 0.193. The number of nitro benzene ring substituents is 1. The second kappa shape index (κ2) is 11.5. The number of hydrogen-bond donors (Lipinski definition) is 1. The number of anilines is 1. The Bertz CT molecular complexity index is 1050. The topological polar surface area (TPSA) is 98.5 Å². The standard InChI is InChI=1S/C23H22N2O5S2/c1-30-19-10-7-16(8-11-19)9-12-20(26)21(23-31-13-2-3-14-32-23)22(27)24-17-5-4-6-18(15-17)25(28)29/h4-12,15H,2-3,13-14H2,1H3,(H,24,27). The Labute approximate surface area is 194 Å². The van der Waals surface area contributed by atoms with Gasteiger partial charge in [0.25, 0.3) is 11.6 Å². The van der Waals surface area contributed by atoms with Gasteiger partial charge in [0.15, 0.2) is 5.78 Å². The zero-order valence-corrected chi connectivity index (χ0v) is 19.0. The third-order valence-electron chi connectivity index (χ3n) is 4.54. The smallest absolute Gasteiger partial charge is 0.271 e. The summed E-state index contributed by atoms with van der Waals surface area (Å²) in [6, 6.07) is 12.9. The molecule has 1 heterocycles.